The standard InChI is InChI=1S/C29H62O2P.ClH/c1-6-10-13-16-19-22-25-32(28-29(30-5)31-9-4,26-23-20-17-14-11-7-2)27-24-21-18-15-12-8-3;/h29H,6-28H2,1-5H3;1H/q+1;/p-1. The number of halogens is 1. The molecule has 0 saturated carbocycles. The first-order valence-corrected chi connectivity index (χ1v) is 17.2. The van der Waals surface area contributed by atoms with Gasteiger partial charge < -0.3 is 21.9 Å². The zero-order valence-corrected chi connectivity index (χ0v) is 25.1. The van der Waals surface area contributed by atoms with Crippen LogP contribution in [-0.2, 0) is 9.47 Å². The third kappa shape index (κ3) is 21.6. The molecule has 0 heterocycles. The van der Waals surface area contributed by atoms with Gasteiger partial charge in [-0.3, -0.25) is 0 Å². The normalized spacial score (nSPS) is 12.6. The van der Waals surface area contributed by atoms with Crippen LogP contribution in [0.3, 0.4) is 0 Å². The Morgan fingerprint density at radius 3 is 1.15 bits per heavy atom. The van der Waals surface area contributed by atoms with Crippen LogP contribution in [0, 0.1) is 0 Å². The van der Waals surface area contributed by atoms with Gasteiger partial charge in [0.1, 0.15) is 6.16 Å². The van der Waals surface area contributed by atoms with E-state index in [9.17, 15) is 0 Å². The van der Waals surface area contributed by atoms with Gasteiger partial charge in [-0.15, -0.1) is 0 Å². The van der Waals surface area contributed by atoms with Crippen molar-refractivity contribution in [1.29, 1.82) is 0 Å². The monoisotopic (exact) mass is 508 g/mol. The molecule has 2 nitrogen and oxygen atoms in total. The minimum Gasteiger partial charge on any atom is -1.00 e. The van der Waals surface area contributed by atoms with E-state index in [1.54, 1.807) is 0 Å². The highest BCUT2D eigenvalue weighted by molar-refractivity contribution is 7.75. The molecular weight excluding hydrogens is 447 g/mol. The lowest BCUT2D eigenvalue weighted by Gasteiger charge is -2.31. The predicted molar refractivity (Wildman–Crippen MR) is 149 cm³/mol. The van der Waals surface area contributed by atoms with Gasteiger partial charge in [0.25, 0.3) is 0 Å². The van der Waals surface area contributed by atoms with E-state index in [-0.39, 0.29) is 18.7 Å². The maximum Gasteiger partial charge on any atom is 0.190 e. The molecule has 0 rings (SSSR count). The van der Waals surface area contributed by atoms with Gasteiger partial charge in [0.2, 0.25) is 0 Å². The molecule has 0 N–H and O–H groups in total. The SMILES string of the molecule is CCCCCCCC[P+](CCCCCCCC)(CCCCCCCC)CC(OC)OCC.[Cl-]. The molecule has 0 spiro atoms. The van der Waals surface area contributed by atoms with E-state index in [0.29, 0.717) is 0 Å². The van der Waals surface area contributed by atoms with Gasteiger partial charge >= 0.3 is 0 Å². The quantitative estimate of drug-likeness (QED) is 0.0704. The van der Waals surface area contributed by atoms with Crippen LogP contribution in [0.15, 0.2) is 0 Å². The zero-order chi connectivity index (χ0) is 23.8. The fourth-order valence-electron chi connectivity index (χ4n) is 4.99. The summed E-state index contributed by atoms with van der Waals surface area (Å²) in [6, 6.07) is 0. The fourth-order valence-corrected chi connectivity index (χ4v) is 9.78. The summed E-state index contributed by atoms with van der Waals surface area (Å²) in [5.41, 5.74) is 0. The van der Waals surface area contributed by atoms with E-state index >= 15 is 0 Å². The van der Waals surface area contributed by atoms with Crippen LogP contribution in [0.5, 0.6) is 0 Å². The summed E-state index contributed by atoms with van der Waals surface area (Å²) in [7, 11) is 0.841. The minimum absolute atomic E-state index is 0. The summed E-state index contributed by atoms with van der Waals surface area (Å²) < 4.78 is 11.9. The fraction of sp³-hybridized carbons (Fsp3) is 1.00. The van der Waals surface area contributed by atoms with Crippen molar-refractivity contribution < 1.29 is 21.9 Å². The average molecular weight is 509 g/mol. The van der Waals surface area contributed by atoms with Gasteiger partial charge in [0.05, 0.1) is 18.5 Å². The Morgan fingerprint density at radius 2 is 0.848 bits per heavy atom. The molecular formula is C29H62ClO2P. The van der Waals surface area contributed by atoms with Gasteiger partial charge in [0.15, 0.2) is 6.29 Å². The second-order valence-corrected chi connectivity index (χ2v) is 14.5. The Hall–Kier alpha value is 0.640. The number of methoxy groups -OCH3 is 1. The molecule has 1 unspecified atom stereocenters. The molecule has 0 amide bonds. The summed E-state index contributed by atoms with van der Waals surface area (Å²) in [4.78, 5) is 0. The van der Waals surface area contributed by atoms with Crippen LogP contribution in [0.1, 0.15) is 143 Å². The summed E-state index contributed by atoms with van der Waals surface area (Å²) >= 11 is 0. The van der Waals surface area contributed by atoms with Crippen LogP contribution < -0.4 is 12.4 Å². The predicted octanol–water partition coefficient (Wildman–Crippen LogP) is 7.10. The van der Waals surface area contributed by atoms with Crippen LogP contribution in [-0.4, -0.2) is 44.7 Å². The van der Waals surface area contributed by atoms with Crippen molar-refractivity contribution in [2.75, 3.05) is 38.4 Å². The van der Waals surface area contributed by atoms with E-state index in [2.05, 4.69) is 27.7 Å². The third-order valence-corrected chi connectivity index (χ3v) is 12.0. The van der Waals surface area contributed by atoms with Gasteiger partial charge in [-0.25, -0.2) is 0 Å². The first-order valence-electron chi connectivity index (χ1n) is 14.7. The van der Waals surface area contributed by atoms with Crippen molar-refractivity contribution in [3.05, 3.63) is 0 Å². The Bertz CT molecular complexity index is 327. The largest absolute Gasteiger partial charge is 1.00 e. The summed E-state index contributed by atoms with van der Waals surface area (Å²) in [5.74, 6) is 0. The second kappa shape index (κ2) is 27.2. The number of hydrogen-bond acceptors (Lipinski definition) is 2. The molecule has 0 aromatic carbocycles. The molecule has 0 aromatic rings. The van der Waals surface area contributed by atoms with Gasteiger partial charge in [-0.2, -0.15) is 0 Å². The molecule has 0 fully saturated rings. The number of hydrogen-bond donors (Lipinski definition) is 0. The first kappa shape index (κ1) is 35.8. The van der Waals surface area contributed by atoms with E-state index in [1.807, 2.05) is 7.11 Å². The first-order chi connectivity index (χ1) is 15.7. The van der Waals surface area contributed by atoms with E-state index < -0.39 is 7.26 Å². The molecule has 0 aliphatic rings. The Balaban J connectivity index is 0. The molecule has 4 heteroatoms. The molecule has 202 valence electrons. The van der Waals surface area contributed by atoms with Crippen molar-refractivity contribution >= 4 is 7.26 Å². The lowest BCUT2D eigenvalue weighted by Crippen LogP contribution is -3.00. The molecule has 33 heavy (non-hydrogen) atoms. The van der Waals surface area contributed by atoms with Crippen LogP contribution in [0.2, 0.25) is 0 Å². The minimum atomic E-state index is -1.02. The Morgan fingerprint density at radius 1 is 0.515 bits per heavy atom. The van der Waals surface area contributed by atoms with Gasteiger partial charge in [-0.1, -0.05) is 97.8 Å². The van der Waals surface area contributed by atoms with E-state index in [4.69, 9.17) is 9.47 Å². The molecule has 0 saturated heterocycles. The van der Waals surface area contributed by atoms with Crippen molar-refractivity contribution in [3.63, 3.8) is 0 Å². The summed E-state index contributed by atoms with van der Waals surface area (Å²) in [6.07, 6.45) is 31.1. The summed E-state index contributed by atoms with van der Waals surface area (Å²) in [5, 5.41) is 0. The highest BCUT2D eigenvalue weighted by Crippen LogP contribution is 2.61. The smallest absolute Gasteiger partial charge is 0.190 e. The number of unbranched alkanes of at least 4 members (excludes halogenated alkanes) is 15. The highest BCUT2D eigenvalue weighted by atomic mass is 35.5. The summed E-state index contributed by atoms with van der Waals surface area (Å²) in [6.45, 7) is 9.83. The molecule has 0 aromatic heterocycles. The van der Waals surface area contributed by atoms with E-state index in [1.165, 1.54) is 140 Å². The number of ether oxygens (including phenoxy) is 2. The Labute approximate surface area is 216 Å². The molecule has 0 aliphatic carbocycles. The Kier molecular flexibility index (Phi) is 29.5. The van der Waals surface area contributed by atoms with Crippen LogP contribution in [0.4, 0.5) is 0 Å². The lowest BCUT2D eigenvalue weighted by molar-refractivity contribution is -0.104. The second-order valence-electron chi connectivity index (χ2n) is 10.1. The van der Waals surface area contributed by atoms with Gasteiger partial charge in [-0.05, 0) is 45.4 Å². The van der Waals surface area contributed by atoms with Crippen molar-refractivity contribution in [1.82, 2.24) is 0 Å². The van der Waals surface area contributed by atoms with Crippen molar-refractivity contribution in [3.8, 4) is 0 Å². The van der Waals surface area contributed by atoms with Crippen LogP contribution >= 0.6 is 7.26 Å². The maximum atomic E-state index is 6.03. The van der Waals surface area contributed by atoms with Crippen LogP contribution in [0.25, 0.3) is 0 Å². The molecule has 0 aliphatic heterocycles. The van der Waals surface area contributed by atoms with Crippen molar-refractivity contribution in [2.45, 2.75) is 150 Å². The number of rotatable bonds is 26. The lowest BCUT2D eigenvalue weighted by atomic mass is 10.1. The topological polar surface area (TPSA) is 18.5 Å². The highest BCUT2D eigenvalue weighted by Gasteiger charge is 2.39. The van der Waals surface area contributed by atoms with Gasteiger partial charge in [0, 0.05) is 21.0 Å². The van der Waals surface area contributed by atoms with Crippen molar-refractivity contribution in [2.24, 2.45) is 0 Å². The maximum absolute atomic E-state index is 6.03. The molecule has 1 atom stereocenters. The van der Waals surface area contributed by atoms with E-state index in [0.717, 1.165) is 6.61 Å². The third-order valence-electron chi connectivity index (χ3n) is 7.11. The molecule has 0 radical (unpaired) electrons. The average Bonchev–Trinajstić information content (AvgIpc) is 2.80. The zero-order valence-electron chi connectivity index (χ0n) is 23.5. The molecule has 0 bridgehead atoms.